The molecule has 0 saturated heterocycles. The van der Waals surface area contributed by atoms with Gasteiger partial charge < -0.3 is 9.84 Å². The lowest BCUT2D eigenvalue weighted by Crippen LogP contribution is -2.63. The molecule has 0 aromatic heterocycles. The van der Waals surface area contributed by atoms with Crippen molar-refractivity contribution in [1.82, 2.24) is 0 Å². The zero-order chi connectivity index (χ0) is 21.1. The van der Waals surface area contributed by atoms with Crippen LogP contribution in [-0.2, 0) is 9.53 Å². The summed E-state index contributed by atoms with van der Waals surface area (Å²) >= 11 is 0. The van der Waals surface area contributed by atoms with Crippen molar-refractivity contribution < 1.29 is 14.6 Å². The minimum Gasteiger partial charge on any atom is -0.458 e. The van der Waals surface area contributed by atoms with Gasteiger partial charge in [-0.05, 0) is 94.3 Å². The molecule has 0 amide bonds. The summed E-state index contributed by atoms with van der Waals surface area (Å²) < 4.78 is 5.77. The van der Waals surface area contributed by atoms with E-state index in [9.17, 15) is 9.90 Å². The van der Waals surface area contributed by atoms with Gasteiger partial charge in [0.1, 0.15) is 5.60 Å². The van der Waals surface area contributed by atoms with Crippen molar-refractivity contribution in [2.45, 2.75) is 112 Å². The minimum absolute atomic E-state index is 0.347. The maximum absolute atomic E-state index is 13.3. The van der Waals surface area contributed by atoms with E-state index in [1.54, 1.807) is 0 Å². The molecule has 0 radical (unpaired) electrons. The van der Waals surface area contributed by atoms with Crippen LogP contribution in [0.15, 0.2) is 0 Å². The van der Waals surface area contributed by atoms with Crippen LogP contribution in [0, 0.1) is 40.4 Å². The van der Waals surface area contributed by atoms with Crippen molar-refractivity contribution in [1.29, 1.82) is 0 Å². The molecule has 162 valence electrons. The Morgan fingerprint density at radius 1 is 0.929 bits per heavy atom. The van der Waals surface area contributed by atoms with Gasteiger partial charge in [0.05, 0.1) is 0 Å². The SMILES string of the molecule is C[C@@H]1CCC(O)(C(=O)OC(C)(C)C)[C@@]2(C)CC[C@H]3[C@H](C)CC[C@@H](C[C@H]12)C3(C)C. The summed E-state index contributed by atoms with van der Waals surface area (Å²) in [6.07, 6.45) is 7.21. The molecule has 0 aliphatic heterocycles. The van der Waals surface area contributed by atoms with Gasteiger partial charge >= 0.3 is 5.97 Å². The number of esters is 1. The van der Waals surface area contributed by atoms with Gasteiger partial charge in [-0.25, -0.2) is 4.79 Å². The maximum Gasteiger partial charge on any atom is 0.339 e. The first kappa shape index (κ1) is 22.1. The smallest absolute Gasteiger partial charge is 0.339 e. The highest BCUT2D eigenvalue weighted by Crippen LogP contribution is 2.62. The molecule has 3 fully saturated rings. The maximum atomic E-state index is 13.3. The van der Waals surface area contributed by atoms with E-state index in [0.717, 1.165) is 31.6 Å². The summed E-state index contributed by atoms with van der Waals surface area (Å²) in [6.45, 7) is 17.6. The molecule has 0 heterocycles. The van der Waals surface area contributed by atoms with Crippen LogP contribution in [0.1, 0.15) is 100 Å². The van der Waals surface area contributed by atoms with Crippen LogP contribution >= 0.6 is 0 Å². The Labute approximate surface area is 173 Å². The third-order valence-electron chi connectivity index (χ3n) is 9.33. The van der Waals surface area contributed by atoms with Crippen molar-refractivity contribution in [3.63, 3.8) is 0 Å². The summed E-state index contributed by atoms with van der Waals surface area (Å²) in [6, 6.07) is 0. The molecule has 3 saturated carbocycles. The average Bonchev–Trinajstić information content (AvgIpc) is 2.54. The minimum atomic E-state index is -1.36. The zero-order valence-electron chi connectivity index (χ0n) is 19.6. The molecule has 1 unspecified atom stereocenters. The van der Waals surface area contributed by atoms with Gasteiger partial charge in [-0.15, -0.1) is 0 Å². The Balaban J connectivity index is 2.00. The Hall–Kier alpha value is -0.570. The highest BCUT2D eigenvalue weighted by molar-refractivity contribution is 5.81. The third kappa shape index (κ3) is 3.44. The van der Waals surface area contributed by atoms with Gasteiger partial charge in [0, 0.05) is 5.41 Å². The molecule has 3 aliphatic rings. The molecular weight excluding hydrogens is 348 g/mol. The Kier molecular flexibility index (Phi) is 5.53. The van der Waals surface area contributed by atoms with Crippen LogP contribution in [0.5, 0.6) is 0 Å². The van der Waals surface area contributed by atoms with E-state index in [2.05, 4.69) is 34.6 Å². The van der Waals surface area contributed by atoms with Crippen LogP contribution in [0.25, 0.3) is 0 Å². The van der Waals surface area contributed by atoms with Gasteiger partial charge in [-0.3, -0.25) is 0 Å². The Bertz CT molecular complexity index is 603. The molecule has 3 rings (SSSR count). The summed E-state index contributed by atoms with van der Waals surface area (Å²) in [7, 11) is 0. The van der Waals surface area contributed by atoms with Gasteiger partial charge in [-0.1, -0.05) is 41.0 Å². The van der Waals surface area contributed by atoms with Crippen LogP contribution in [0.2, 0.25) is 0 Å². The van der Waals surface area contributed by atoms with E-state index in [1.165, 1.54) is 12.8 Å². The van der Waals surface area contributed by atoms with E-state index in [-0.39, 0.29) is 0 Å². The van der Waals surface area contributed by atoms with Crippen LogP contribution < -0.4 is 0 Å². The normalized spacial score (nSPS) is 46.1. The van der Waals surface area contributed by atoms with E-state index >= 15 is 0 Å². The monoisotopic (exact) mass is 392 g/mol. The van der Waals surface area contributed by atoms with E-state index in [1.807, 2.05) is 20.8 Å². The molecule has 0 aromatic rings. The largest absolute Gasteiger partial charge is 0.458 e. The molecule has 0 aromatic carbocycles. The van der Waals surface area contributed by atoms with Crippen molar-refractivity contribution in [2.24, 2.45) is 40.4 Å². The summed E-state index contributed by atoms with van der Waals surface area (Å²) in [5, 5.41) is 11.9. The zero-order valence-corrected chi connectivity index (χ0v) is 19.6. The first-order valence-corrected chi connectivity index (χ1v) is 11.7. The number of hydrogen-bond donors (Lipinski definition) is 1. The summed E-state index contributed by atoms with van der Waals surface area (Å²) in [5.41, 5.74) is -2.00. The van der Waals surface area contributed by atoms with Crippen molar-refractivity contribution in [3.8, 4) is 0 Å². The summed E-state index contributed by atoms with van der Waals surface area (Å²) in [4.78, 5) is 13.3. The van der Waals surface area contributed by atoms with Crippen LogP contribution in [0.4, 0.5) is 0 Å². The first-order valence-electron chi connectivity index (χ1n) is 11.7. The number of aliphatic hydroxyl groups is 1. The third-order valence-corrected chi connectivity index (χ3v) is 9.33. The van der Waals surface area contributed by atoms with E-state index in [4.69, 9.17) is 4.74 Å². The molecule has 28 heavy (non-hydrogen) atoms. The molecule has 1 N–H and O–H groups in total. The number of ether oxygens (including phenoxy) is 1. The number of carbonyl (C=O) groups excluding carboxylic acids is 1. The molecule has 3 aliphatic carbocycles. The quantitative estimate of drug-likeness (QED) is 0.558. The second-order valence-corrected chi connectivity index (χ2v) is 12.4. The highest BCUT2D eigenvalue weighted by Gasteiger charge is 2.63. The van der Waals surface area contributed by atoms with E-state index in [0.29, 0.717) is 35.5 Å². The fraction of sp³-hybridized carbons (Fsp3) is 0.960. The molecule has 3 nitrogen and oxygen atoms in total. The molecule has 3 heteroatoms. The lowest BCUT2D eigenvalue weighted by molar-refractivity contribution is -0.219. The first-order chi connectivity index (χ1) is 12.7. The molecular formula is C25H44O3. The van der Waals surface area contributed by atoms with Crippen molar-refractivity contribution in [2.75, 3.05) is 0 Å². The Morgan fingerprint density at radius 2 is 1.54 bits per heavy atom. The molecule has 2 bridgehead atoms. The number of hydrogen-bond acceptors (Lipinski definition) is 3. The predicted molar refractivity (Wildman–Crippen MR) is 114 cm³/mol. The van der Waals surface area contributed by atoms with Crippen molar-refractivity contribution >= 4 is 5.97 Å². The number of rotatable bonds is 1. The second kappa shape index (κ2) is 7.00. The fourth-order valence-corrected chi connectivity index (χ4v) is 7.35. The van der Waals surface area contributed by atoms with E-state index < -0.39 is 22.6 Å². The average molecular weight is 393 g/mol. The van der Waals surface area contributed by atoms with Crippen molar-refractivity contribution in [3.05, 3.63) is 0 Å². The topological polar surface area (TPSA) is 46.5 Å². The fourth-order valence-electron chi connectivity index (χ4n) is 7.35. The van der Waals surface area contributed by atoms with Crippen LogP contribution in [0.3, 0.4) is 0 Å². The predicted octanol–water partition coefficient (Wildman–Crippen LogP) is 5.98. The van der Waals surface area contributed by atoms with Gasteiger partial charge in [0.25, 0.3) is 0 Å². The second-order valence-electron chi connectivity index (χ2n) is 12.4. The lowest BCUT2D eigenvalue weighted by atomic mass is 9.45. The summed E-state index contributed by atoms with van der Waals surface area (Å²) in [5.74, 6) is 2.60. The number of carbonyl (C=O) groups is 1. The van der Waals surface area contributed by atoms with Crippen LogP contribution in [-0.4, -0.2) is 22.3 Å². The number of fused-ring (bicyclic) bond motifs is 3. The van der Waals surface area contributed by atoms with Gasteiger partial charge in [-0.2, -0.15) is 0 Å². The Morgan fingerprint density at radius 3 is 2.14 bits per heavy atom. The molecule has 0 spiro atoms. The molecule has 7 atom stereocenters. The standard InChI is InChI=1S/C25H44O3/c1-16-9-10-18-15-20-17(2)11-14-25(27,21(26)28-22(3,4)5)24(20,8)13-12-19(16)23(18,6)7/h16-20,27H,9-15H2,1-8H3/t16-,17-,18+,19+,20-,24+,25?/m1/s1. The lowest BCUT2D eigenvalue weighted by Gasteiger charge is -2.60. The van der Waals surface area contributed by atoms with Gasteiger partial charge in [0.2, 0.25) is 0 Å². The van der Waals surface area contributed by atoms with Gasteiger partial charge in [0.15, 0.2) is 5.60 Å². The highest BCUT2D eigenvalue weighted by atomic mass is 16.6.